The highest BCUT2D eigenvalue weighted by atomic mass is 79.9. The van der Waals surface area contributed by atoms with Crippen LogP contribution in [-0.4, -0.2) is 6.61 Å². The lowest BCUT2D eigenvalue weighted by Crippen LogP contribution is -2.04. The monoisotopic (exact) mass is 402 g/mol. The molecule has 0 atom stereocenters. The van der Waals surface area contributed by atoms with Crippen molar-refractivity contribution in [1.82, 2.24) is 0 Å². The van der Waals surface area contributed by atoms with E-state index in [1.165, 1.54) is 6.07 Å². The molecule has 0 aliphatic heterocycles. The Bertz CT molecular complexity index is 699. The third-order valence-corrected chi connectivity index (χ3v) is 3.90. The van der Waals surface area contributed by atoms with Gasteiger partial charge in [-0.3, -0.25) is 0 Å². The zero-order valence-electron chi connectivity index (χ0n) is 13.4. The van der Waals surface area contributed by atoms with E-state index in [0.717, 1.165) is 30.5 Å². The van der Waals surface area contributed by atoms with Gasteiger partial charge in [0.1, 0.15) is 17.2 Å². The zero-order valence-corrected chi connectivity index (χ0v) is 15.0. The second-order valence-electron chi connectivity index (χ2n) is 5.43. The number of ether oxygens (including phenoxy) is 2. The lowest BCUT2D eigenvalue weighted by molar-refractivity contribution is -0.137. The summed E-state index contributed by atoms with van der Waals surface area (Å²) >= 11 is 3.13. The molecule has 6 heteroatoms. The van der Waals surface area contributed by atoms with Crippen LogP contribution in [0, 0.1) is 6.92 Å². The average Bonchev–Trinajstić information content (AvgIpc) is 2.48. The van der Waals surface area contributed by atoms with Crippen molar-refractivity contribution in [3.63, 3.8) is 0 Å². The Morgan fingerprint density at radius 2 is 1.75 bits per heavy atom. The maximum Gasteiger partial charge on any atom is 0.416 e. The van der Waals surface area contributed by atoms with Gasteiger partial charge in [0.05, 0.1) is 16.6 Å². The minimum Gasteiger partial charge on any atom is -0.493 e. The van der Waals surface area contributed by atoms with Crippen molar-refractivity contribution < 1.29 is 22.6 Å². The quantitative estimate of drug-likeness (QED) is 0.497. The molecule has 2 aromatic carbocycles. The number of aryl methyl sites for hydroxylation is 1. The highest BCUT2D eigenvalue weighted by Crippen LogP contribution is 2.37. The average molecular weight is 403 g/mol. The largest absolute Gasteiger partial charge is 0.493 e. The minimum absolute atomic E-state index is 0.243. The van der Waals surface area contributed by atoms with E-state index < -0.39 is 11.7 Å². The highest BCUT2D eigenvalue weighted by Gasteiger charge is 2.31. The summed E-state index contributed by atoms with van der Waals surface area (Å²) < 4.78 is 49.7. The third-order valence-electron chi connectivity index (χ3n) is 3.28. The van der Waals surface area contributed by atoms with Gasteiger partial charge in [-0.2, -0.15) is 13.2 Å². The Morgan fingerprint density at radius 1 is 1.04 bits per heavy atom. The van der Waals surface area contributed by atoms with Crippen molar-refractivity contribution >= 4 is 15.9 Å². The first kappa shape index (κ1) is 18.6. The summed E-state index contributed by atoms with van der Waals surface area (Å²) in [6.07, 6.45) is -2.40. The lowest BCUT2D eigenvalue weighted by atomic mass is 10.2. The molecule has 0 unspecified atom stereocenters. The van der Waals surface area contributed by atoms with Crippen LogP contribution in [0.15, 0.2) is 40.9 Å². The van der Waals surface area contributed by atoms with Gasteiger partial charge in [0.15, 0.2) is 0 Å². The predicted molar refractivity (Wildman–Crippen MR) is 90.8 cm³/mol. The summed E-state index contributed by atoms with van der Waals surface area (Å²) in [5.74, 6) is 1.51. The Hall–Kier alpha value is -1.69. The molecule has 130 valence electrons. The van der Waals surface area contributed by atoms with Crippen molar-refractivity contribution in [2.24, 2.45) is 0 Å². The molecule has 2 nitrogen and oxygen atoms in total. The van der Waals surface area contributed by atoms with E-state index in [0.29, 0.717) is 23.9 Å². The van der Waals surface area contributed by atoms with Crippen molar-refractivity contribution in [3.05, 3.63) is 52.0 Å². The van der Waals surface area contributed by atoms with E-state index >= 15 is 0 Å². The SMILES string of the molecule is CCCCOc1cc(C)cc(Oc2ccc(C(F)(F)F)cc2Br)c1. The molecule has 0 fully saturated rings. The van der Waals surface area contributed by atoms with Crippen LogP contribution in [-0.2, 0) is 6.18 Å². The molecule has 2 rings (SSSR count). The first-order chi connectivity index (χ1) is 11.3. The van der Waals surface area contributed by atoms with E-state index in [4.69, 9.17) is 9.47 Å². The first-order valence-electron chi connectivity index (χ1n) is 7.58. The van der Waals surface area contributed by atoms with Crippen LogP contribution in [0.5, 0.6) is 17.2 Å². The predicted octanol–water partition coefficient (Wildman–Crippen LogP) is 6.75. The summed E-state index contributed by atoms with van der Waals surface area (Å²) in [5.41, 5.74) is 0.219. The standard InChI is InChI=1S/C18H18BrF3O2/c1-3-4-7-23-14-8-12(2)9-15(11-14)24-17-6-5-13(10-16(17)19)18(20,21)22/h5-6,8-11H,3-4,7H2,1-2H3. The topological polar surface area (TPSA) is 18.5 Å². The van der Waals surface area contributed by atoms with E-state index in [-0.39, 0.29) is 4.47 Å². The Balaban J connectivity index is 2.18. The number of hydrogen-bond acceptors (Lipinski definition) is 2. The lowest BCUT2D eigenvalue weighted by Gasteiger charge is -2.13. The van der Waals surface area contributed by atoms with E-state index in [1.807, 2.05) is 13.0 Å². The van der Waals surface area contributed by atoms with Crippen LogP contribution >= 0.6 is 15.9 Å². The van der Waals surface area contributed by atoms with Crippen molar-refractivity contribution in [3.8, 4) is 17.2 Å². The molecule has 0 saturated heterocycles. The third kappa shape index (κ3) is 5.16. The van der Waals surface area contributed by atoms with E-state index in [2.05, 4.69) is 22.9 Å². The van der Waals surface area contributed by atoms with E-state index in [1.54, 1.807) is 12.1 Å². The fourth-order valence-electron chi connectivity index (χ4n) is 2.08. The van der Waals surface area contributed by atoms with Gasteiger partial charge in [0, 0.05) is 6.07 Å². The Morgan fingerprint density at radius 3 is 2.38 bits per heavy atom. The van der Waals surface area contributed by atoms with Crippen molar-refractivity contribution in [1.29, 1.82) is 0 Å². The molecule has 0 aliphatic rings. The molecule has 0 bridgehead atoms. The molecule has 0 spiro atoms. The summed E-state index contributed by atoms with van der Waals surface area (Å²) in [6.45, 7) is 4.60. The molecule has 2 aromatic rings. The molecule has 0 N–H and O–H groups in total. The number of halogens is 4. The van der Waals surface area contributed by atoms with Gasteiger partial charge in [-0.05, 0) is 65.2 Å². The molecule has 0 aromatic heterocycles. The second kappa shape index (κ2) is 7.92. The molecule has 0 aliphatic carbocycles. The molecule has 24 heavy (non-hydrogen) atoms. The van der Waals surface area contributed by atoms with Gasteiger partial charge < -0.3 is 9.47 Å². The number of alkyl halides is 3. The van der Waals surface area contributed by atoms with Crippen LogP contribution in [0.25, 0.3) is 0 Å². The molecular formula is C18H18BrF3O2. The maximum absolute atomic E-state index is 12.7. The van der Waals surface area contributed by atoms with Crippen LogP contribution in [0.4, 0.5) is 13.2 Å². The molecule has 0 heterocycles. The number of rotatable bonds is 6. The molecule has 0 saturated carbocycles. The minimum atomic E-state index is -4.38. The summed E-state index contributed by atoms with van der Waals surface area (Å²) in [5, 5.41) is 0. The molecular weight excluding hydrogens is 385 g/mol. The smallest absolute Gasteiger partial charge is 0.416 e. The van der Waals surface area contributed by atoms with E-state index in [9.17, 15) is 13.2 Å². The summed E-state index contributed by atoms with van der Waals surface area (Å²) in [4.78, 5) is 0. The van der Waals surface area contributed by atoms with Crippen LogP contribution < -0.4 is 9.47 Å². The fourth-order valence-corrected chi connectivity index (χ4v) is 2.54. The molecule has 0 amide bonds. The van der Waals surface area contributed by atoms with Crippen LogP contribution in [0.3, 0.4) is 0 Å². The zero-order chi connectivity index (χ0) is 17.7. The Labute approximate surface area is 147 Å². The van der Waals surface area contributed by atoms with Gasteiger partial charge >= 0.3 is 6.18 Å². The number of hydrogen-bond donors (Lipinski definition) is 0. The normalized spacial score (nSPS) is 11.4. The highest BCUT2D eigenvalue weighted by molar-refractivity contribution is 9.10. The van der Waals surface area contributed by atoms with Gasteiger partial charge in [0.25, 0.3) is 0 Å². The van der Waals surface area contributed by atoms with Crippen molar-refractivity contribution in [2.45, 2.75) is 32.9 Å². The summed E-state index contributed by atoms with van der Waals surface area (Å²) in [6, 6.07) is 8.72. The summed E-state index contributed by atoms with van der Waals surface area (Å²) in [7, 11) is 0. The van der Waals surface area contributed by atoms with Gasteiger partial charge in [-0.15, -0.1) is 0 Å². The number of unbranched alkanes of at least 4 members (excludes halogenated alkanes) is 1. The number of benzene rings is 2. The fraction of sp³-hybridized carbons (Fsp3) is 0.333. The van der Waals surface area contributed by atoms with Gasteiger partial charge in [-0.1, -0.05) is 13.3 Å². The van der Waals surface area contributed by atoms with Gasteiger partial charge in [0.2, 0.25) is 0 Å². The molecule has 0 radical (unpaired) electrons. The first-order valence-corrected chi connectivity index (χ1v) is 8.38. The van der Waals surface area contributed by atoms with Gasteiger partial charge in [-0.25, -0.2) is 0 Å². The van der Waals surface area contributed by atoms with Crippen molar-refractivity contribution in [2.75, 3.05) is 6.61 Å². The maximum atomic E-state index is 12.7. The van der Waals surface area contributed by atoms with Crippen LogP contribution in [0.2, 0.25) is 0 Å². The second-order valence-corrected chi connectivity index (χ2v) is 6.28. The van der Waals surface area contributed by atoms with Crippen LogP contribution in [0.1, 0.15) is 30.9 Å². The Kier molecular flexibility index (Phi) is 6.15.